The van der Waals surface area contributed by atoms with Crippen LogP contribution in [0.4, 0.5) is 0 Å². The third kappa shape index (κ3) is 2.94. The van der Waals surface area contributed by atoms with Crippen LogP contribution in [0, 0.1) is 0 Å². The van der Waals surface area contributed by atoms with Crippen LogP contribution in [0.1, 0.15) is 21.6 Å². The minimum Gasteiger partial charge on any atom is -0.354 e. The van der Waals surface area contributed by atoms with Crippen molar-refractivity contribution in [3.63, 3.8) is 0 Å². The highest BCUT2D eigenvalue weighted by Gasteiger charge is 2.28. The minimum atomic E-state index is -0.505. The second-order valence-electron chi connectivity index (χ2n) is 5.01. The van der Waals surface area contributed by atoms with Crippen molar-refractivity contribution in [3.05, 3.63) is 53.6 Å². The molecule has 1 aliphatic rings. The van der Waals surface area contributed by atoms with Crippen LogP contribution in [0.5, 0.6) is 0 Å². The number of aromatic nitrogens is 2. The van der Waals surface area contributed by atoms with E-state index in [0.29, 0.717) is 24.9 Å². The SMILES string of the molecule is O=C1N[C@@H](C(=O)NCCc2cnc[nH]2)Cc2ccccc21. The molecule has 1 atom stereocenters. The van der Waals surface area contributed by atoms with Crippen molar-refractivity contribution in [2.45, 2.75) is 18.9 Å². The van der Waals surface area contributed by atoms with E-state index in [1.807, 2.05) is 18.2 Å². The summed E-state index contributed by atoms with van der Waals surface area (Å²) in [5, 5.41) is 5.59. The van der Waals surface area contributed by atoms with E-state index < -0.39 is 6.04 Å². The van der Waals surface area contributed by atoms with Crippen LogP contribution in [-0.4, -0.2) is 34.4 Å². The average Bonchev–Trinajstić information content (AvgIpc) is 3.00. The van der Waals surface area contributed by atoms with Crippen LogP contribution in [0.3, 0.4) is 0 Å². The molecule has 1 aromatic heterocycles. The van der Waals surface area contributed by atoms with E-state index in [9.17, 15) is 9.59 Å². The zero-order valence-corrected chi connectivity index (χ0v) is 11.4. The predicted octanol–water partition coefficient (Wildman–Crippen LogP) is 0.423. The highest BCUT2D eigenvalue weighted by Crippen LogP contribution is 2.16. The maximum atomic E-state index is 12.1. The summed E-state index contributed by atoms with van der Waals surface area (Å²) in [6.07, 6.45) is 4.54. The lowest BCUT2D eigenvalue weighted by molar-refractivity contribution is -0.123. The van der Waals surface area contributed by atoms with Crippen molar-refractivity contribution in [2.24, 2.45) is 0 Å². The molecule has 0 saturated heterocycles. The van der Waals surface area contributed by atoms with E-state index in [4.69, 9.17) is 0 Å². The van der Waals surface area contributed by atoms with Gasteiger partial charge in [0, 0.05) is 36.8 Å². The monoisotopic (exact) mass is 284 g/mol. The number of hydrogen-bond donors (Lipinski definition) is 3. The fourth-order valence-corrected chi connectivity index (χ4v) is 2.45. The number of aromatic amines is 1. The van der Waals surface area contributed by atoms with Crippen molar-refractivity contribution in [1.29, 1.82) is 0 Å². The largest absolute Gasteiger partial charge is 0.354 e. The molecule has 2 heterocycles. The van der Waals surface area contributed by atoms with E-state index in [-0.39, 0.29) is 11.8 Å². The summed E-state index contributed by atoms with van der Waals surface area (Å²) in [4.78, 5) is 31.0. The molecule has 0 bridgehead atoms. The Balaban J connectivity index is 1.58. The van der Waals surface area contributed by atoms with Gasteiger partial charge in [-0.25, -0.2) is 4.98 Å². The number of rotatable bonds is 4. The maximum absolute atomic E-state index is 12.1. The Labute approximate surface area is 122 Å². The number of carbonyl (C=O) groups excluding carboxylic acids is 2. The summed E-state index contributed by atoms with van der Waals surface area (Å²) in [5.74, 6) is -0.345. The van der Waals surface area contributed by atoms with E-state index in [0.717, 1.165) is 11.3 Å². The lowest BCUT2D eigenvalue weighted by Crippen LogP contribution is -2.51. The van der Waals surface area contributed by atoms with Gasteiger partial charge in [-0.05, 0) is 11.6 Å². The molecule has 6 heteroatoms. The molecule has 3 rings (SSSR count). The van der Waals surface area contributed by atoms with Gasteiger partial charge in [0.2, 0.25) is 5.91 Å². The van der Waals surface area contributed by atoms with Gasteiger partial charge in [-0.1, -0.05) is 18.2 Å². The van der Waals surface area contributed by atoms with Crippen molar-refractivity contribution in [2.75, 3.05) is 6.54 Å². The Hall–Kier alpha value is -2.63. The number of nitrogens with zero attached hydrogens (tertiary/aromatic N) is 1. The molecule has 0 saturated carbocycles. The smallest absolute Gasteiger partial charge is 0.252 e. The molecule has 2 aromatic rings. The third-order valence-corrected chi connectivity index (χ3v) is 3.56. The number of nitrogens with one attached hydrogen (secondary N) is 3. The summed E-state index contributed by atoms with van der Waals surface area (Å²) < 4.78 is 0. The first-order valence-electron chi connectivity index (χ1n) is 6.88. The fraction of sp³-hybridized carbons (Fsp3) is 0.267. The molecule has 1 aromatic carbocycles. The number of carbonyl (C=O) groups is 2. The second-order valence-corrected chi connectivity index (χ2v) is 5.01. The zero-order chi connectivity index (χ0) is 14.7. The Bertz CT molecular complexity index is 651. The van der Waals surface area contributed by atoms with Crippen LogP contribution in [-0.2, 0) is 17.6 Å². The Kier molecular flexibility index (Phi) is 3.68. The van der Waals surface area contributed by atoms with E-state index in [1.54, 1.807) is 18.6 Å². The summed E-state index contributed by atoms with van der Waals surface area (Å²) in [5.41, 5.74) is 2.53. The van der Waals surface area contributed by atoms with Gasteiger partial charge < -0.3 is 15.6 Å². The van der Waals surface area contributed by atoms with Crippen molar-refractivity contribution >= 4 is 11.8 Å². The van der Waals surface area contributed by atoms with Gasteiger partial charge in [-0.3, -0.25) is 9.59 Å². The quantitative estimate of drug-likeness (QED) is 0.760. The van der Waals surface area contributed by atoms with E-state index >= 15 is 0 Å². The van der Waals surface area contributed by atoms with Gasteiger partial charge in [0.15, 0.2) is 0 Å². The summed E-state index contributed by atoms with van der Waals surface area (Å²) in [6, 6.07) is 6.86. The van der Waals surface area contributed by atoms with Gasteiger partial charge in [-0.15, -0.1) is 0 Å². The highest BCUT2D eigenvalue weighted by molar-refractivity contribution is 6.00. The Morgan fingerprint density at radius 1 is 1.38 bits per heavy atom. The molecule has 0 fully saturated rings. The number of H-pyrrole nitrogens is 1. The van der Waals surface area contributed by atoms with Crippen LogP contribution in [0.25, 0.3) is 0 Å². The second kappa shape index (κ2) is 5.78. The molecule has 0 unspecified atom stereocenters. The first kappa shape index (κ1) is 13.4. The fourth-order valence-electron chi connectivity index (χ4n) is 2.45. The van der Waals surface area contributed by atoms with Crippen molar-refractivity contribution < 1.29 is 9.59 Å². The molecule has 108 valence electrons. The van der Waals surface area contributed by atoms with E-state index in [1.165, 1.54) is 0 Å². The summed E-state index contributed by atoms with van der Waals surface area (Å²) in [6.45, 7) is 0.509. The Morgan fingerprint density at radius 2 is 2.24 bits per heavy atom. The van der Waals surface area contributed by atoms with Crippen LogP contribution in [0.15, 0.2) is 36.8 Å². The summed E-state index contributed by atoms with van der Waals surface area (Å²) >= 11 is 0. The van der Waals surface area contributed by atoms with Crippen LogP contribution < -0.4 is 10.6 Å². The van der Waals surface area contributed by atoms with Crippen molar-refractivity contribution in [3.8, 4) is 0 Å². The predicted molar refractivity (Wildman–Crippen MR) is 76.7 cm³/mol. The molecular formula is C15H16N4O2. The number of amides is 2. The van der Waals surface area contributed by atoms with Gasteiger partial charge in [0.1, 0.15) is 6.04 Å². The molecule has 21 heavy (non-hydrogen) atoms. The minimum absolute atomic E-state index is 0.155. The normalized spacial score (nSPS) is 17.0. The molecule has 0 aliphatic carbocycles. The van der Waals surface area contributed by atoms with Crippen molar-refractivity contribution in [1.82, 2.24) is 20.6 Å². The number of hydrogen-bond acceptors (Lipinski definition) is 3. The van der Waals surface area contributed by atoms with E-state index in [2.05, 4.69) is 20.6 Å². The van der Waals surface area contributed by atoms with Gasteiger partial charge in [-0.2, -0.15) is 0 Å². The Morgan fingerprint density at radius 3 is 3.05 bits per heavy atom. The first-order chi connectivity index (χ1) is 10.2. The lowest BCUT2D eigenvalue weighted by Gasteiger charge is -2.24. The molecule has 0 radical (unpaired) electrons. The number of benzene rings is 1. The molecule has 0 spiro atoms. The van der Waals surface area contributed by atoms with Gasteiger partial charge >= 0.3 is 0 Å². The molecule has 6 nitrogen and oxygen atoms in total. The zero-order valence-electron chi connectivity index (χ0n) is 11.4. The van der Waals surface area contributed by atoms with Crippen LogP contribution >= 0.6 is 0 Å². The topological polar surface area (TPSA) is 86.9 Å². The standard InChI is InChI=1S/C15H16N4O2/c20-14-12-4-2-1-3-10(12)7-13(19-14)15(21)17-6-5-11-8-16-9-18-11/h1-4,8-9,13H,5-7H2,(H,16,18)(H,17,21)(H,19,20)/t13-/m1/s1. The first-order valence-corrected chi connectivity index (χ1v) is 6.88. The highest BCUT2D eigenvalue weighted by atomic mass is 16.2. The van der Waals surface area contributed by atoms with Gasteiger partial charge in [0.05, 0.1) is 6.33 Å². The average molecular weight is 284 g/mol. The molecule has 1 aliphatic heterocycles. The summed E-state index contributed by atoms with van der Waals surface area (Å²) in [7, 11) is 0. The third-order valence-electron chi connectivity index (χ3n) is 3.56. The maximum Gasteiger partial charge on any atom is 0.252 e. The van der Waals surface area contributed by atoms with Gasteiger partial charge in [0.25, 0.3) is 5.91 Å². The molecule has 2 amide bonds. The number of fused-ring (bicyclic) bond motifs is 1. The van der Waals surface area contributed by atoms with Crippen LogP contribution in [0.2, 0.25) is 0 Å². The molecular weight excluding hydrogens is 268 g/mol. The molecule has 3 N–H and O–H groups in total. The number of imidazole rings is 1. The lowest BCUT2D eigenvalue weighted by atomic mass is 9.95.